The fourth-order valence-corrected chi connectivity index (χ4v) is 7.11. The molecule has 0 spiro atoms. The quantitative estimate of drug-likeness (QED) is 0.606. The molecule has 4 heteroatoms. The highest BCUT2D eigenvalue weighted by Crippen LogP contribution is 2.58. The maximum Gasteiger partial charge on any atom is 0.133 e. The Morgan fingerprint density at radius 3 is 2.76 bits per heavy atom. The van der Waals surface area contributed by atoms with Crippen molar-refractivity contribution in [3.05, 3.63) is 59.2 Å². The number of likely N-dealkylation sites (tertiary alicyclic amines) is 1. The molecule has 0 amide bonds. The third-order valence-electron chi connectivity index (χ3n) is 8.79. The fraction of sp³-hybridized carbons (Fsp3) is 0.552. The molecule has 0 aromatic heterocycles. The van der Waals surface area contributed by atoms with Crippen LogP contribution < -0.4 is 4.74 Å². The molecule has 1 saturated heterocycles. The Bertz CT molecular complexity index is 1030. The smallest absolute Gasteiger partial charge is 0.133 e. The minimum atomic E-state index is -0.207. The number of Topliss-reactive ketones (excluding diaryl/α,β-unsaturated/α-hetero) is 1. The van der Waals surface area contributed by atoms with E-state index in [1.807, 2.05) is 12.1 Å². The molecule has 0 radical (unpaired) electrons. The summed E-state index contributed by atoms with van der Waals surface area (Å²) in [7, 11) is 0. The molecule has 2 aromatic rings. The van der Waals surface area contributed by atoms with Crippen molar-refractivity contribution in [3.63, 3.8) is 0 Å². The molecule has 3 fully saturated rings. The highest BCUT2D eigenvalue weighted by atomic mass is 16.5. The summed E-state index contributed by atoms with van der Waals surface area (Å²) in [6, 6.07) is 14.8. The number of nitrogens with zero attached hydrogens (tertiary/aromatic N) is 1. The molecule has 1 aliphatic heterocycles. The molecule has 174 valence electrons. The molecule has 33 heavy (non-hydrogen) atoms. The normalized spacial score (nSPS) is 28.8. The number of aryl methyl sites for hydroxylation is 1. The number of aromatic hydroxyl groups is 1. The third kappa shape index (κ3) is 3.86. The zero-order valence-corrected chi connectivity index (χ0v) is 19.5. The van der Waals surface area contributed by atoms with Gasteiger partial charge in [0.05, 0.1) is 6.61 Å². The van der Waals surface area contributed by atoms with Crippen LogP contribution in [0, 0.1) is 11.8 Å². The van der Waals surface area contributed by atoms with Crippen LogP contribution in [-0.2, 0) is 23.1 Å². The Morgan fingerprint density at radius 2 is 1.94 bits per heavy atom. The number of benzene rings is 2. The van der Waals surface area contributed by atoms with Gasteiger partial charge in [-0.1, -0.05) is 30.3 Å². The monoisotopic (exact) mass is 445 g/mol. The van der Waals surface area contributed by atoms with Crippen molar-refractivity contribution in [1.29, 1.82) is 0 Å². The molecule has 1 N–H and O–H groups in total. The predicted molar refractivity (Wildman–Crippen MR) is 129 cm³/mol. The molecule has 4 nitrogen and oxygen atoms in total. The lowest BCUT2D eigenvalue weighted by atomic mass is 9.52. The second-order valence-electron chi connectivity index (χ2n) is 10.9. The second kappa shape index (κ2) is 8.47. The molecule has 0 unspecified atom stereocenters. The standard InChI is InChI=1S/C29H35NO3/c31-22-10-11-24-25-17-23-27(33-16-4-7-20-5-2-1-3-6-20)13-12-26(32)28(23)29(24,18-22)14-15-30(25)19-21-8-9-21/h1-3,5-6,12-13,21,24-25,32H,4,7-11,14-19H2/t24-,25+,29-/m0/s1. The first-order valence-electron chi connectivity index (χ1n) is 12.9. The first-order chi connectivity index (χ1) is 16.1. The Hall–Kier alpha value is -2.33. The lowest BCUT2D eigenvalue weighted by Crippen LogP contribution is -2.62. The molecule has 2 saturated carbocycles. The summed E-state index contributed by atoms with van der Waals surface area (Å²) in [5, 5.41) is 11.1. The summed E-state index contributed by atoms with van der Waals surface area (Å²) in [5.74, 6) is 2.99. The van der Waals surface area contributed by atoms with Crippen LogP contribution in [-0.4, -0.2) is 41.5 Å². The van der Waals surface area contributed by atoms with E-state index >= 15 is 0 Å². The molecule has 3 atom stereocenters. The van der Waals surface area contributed by atoms with E-state index in [0.717, 1.165) is 55.9 Å². The van der Waals surface area contributed by atoms with Gasteiger partial charge in [0.25, 0.3) is 0 Å². The summed E-state index contributed by atoms with van der Waals surface area (Å²) >= 11 is 0. The highest BCUT2D eigenvalue weighted by molar-refractivity contribution is 5.82. The summed E-state index contributed by atoms with van der Waals surface area (Å²) in [4.78, 5) is 15.4. The van der Waals surface area contributed by atoms with E-state index in [9.17, 15) is 9.90 Å². The van der Waals surface area contributed by atoms with Crippen LogP contribution in [0.25, 0.3) is 0 Å². The minimum absolute atomic E-state index is 0.207. The SMILES string of the molecule is O=C1CC[C@H]2[C@H]3Cc4c(OCCCc5ccccc5)ccc(O)c4[C@@]2(CCN3CC2CC2)C1. The van der Waals surface area contributed by atoms with Gasteiger partial charge in [-0.2, -0.15) is 0 Å². The van der Waals surface area contributed by atoms with Gasteiger partial charge in [-0.3, -0.25) is 9.69 Å². The van der Waals surface area contributed by atoms with E-state index in [0.29, 0.717) is 42.9 Å². The molecular formula is C29H35NO3. The Labute approximate surface area is 196 Å². The van der Waals surface area contributed by atoms with Crippen molar-refractivity contribution >= 4 is 5.78 Å². The van der Waals surface area contributed by atoms with Crippen molar-refractivity contribution in [2.75, 3.05) is 19.7 Å². The van der Waals surface area contributed by atoms with E-state index < -0.39 is 0 Å². The van der Waals surface area contributed by atoms with Gasteiger partial charge in [0.2, 0.25) is 0 Å². The number of hydrogen-bond donors (Lipinski definition) is 1. The zero-order valence-electron chi connectivity index (χ0n) is 19.5. The maximum absolute atomic E-state index is 12.7. The van der Waals surface area contributed by atoms with Gasteiger partial charge in [-0.25, -0.2) is 0 Å². The molecule has 2 aromatic carbocycles. The molecule has 6 rings (SSSR count). The van der Waals surface area contributed by atoms with E-state index in [2.05, 4.69) is 35.2 Å². The van der Waals surface area contributed by atoms with Crippen LogP contribution in [0.1, 0.15) is 61.6 Å². The Kier molecular flexibility index (Phi) is 5.44. The Balaban J connectivity index is 1.29. The summed E-state index contributed by atoms with van der Waals surface area (Å²) < 4.78 is 6.36. The number of phenolic OH excluding ortho intramolecular Hbond substituents is 1. The Morgan fingerprint density at radius 1 is 1.09 bits per heavy atom. The average Bonchev–Trinajstić information content (AvgIpc) is 3.64. The number of piperidine rings is 1. The predicted octanol–water partition coefficient (Wildman–Crippen LogP) is 5.05. The summed E-state index contributed by atoms with van der Waals surface area (Å²) in [6.07, 6.45) is 8.86. The van der Waals surface area contributed by atoms with Crippen LogP contribution in [0.4, 0.5) is 0 Å². The van der Waals surface area contributed by atoms with E-state index in [1.165, 1.54) is 30.5 Å². The largest absolute Gasteiger partial charge is 0.508 e. The molecule has 1 heterocycles. The van der Waals surface area contributed by atoms with Gasteiger partial charge in [0, 0.05) is 42.0 Å². The number of ether oxygens (including phenoxy) is 1. The van der Waals surface area contributed by atoms with Gasteiger partial charge in [-0.05, 0) is 81.0 Å². The number of hydrogen-bond acceptors (Lipinski definition) is 4. The average molecular weight is 446 g/mol. The van der Waals surface area contributed by atoms with Gasteiger partial charge in [0.1, 0.15) is 17.3 Å². The maximum atomic E-state index is 12.7. The van der Waals surface area contributed by atoms with Crippen molar-refractivity contribution in [2.45, 2.75) is 69.2 Å². The van der Waals surface area contributed by atoms with Crippen molar-refractivity contribution in [1.82, 2.24) is 4.90 Å². The zero-order chi connectivity index (χ0) is 22.4. The van der Waals surface area contributed by atoms with Crippen molar-refractivity contribution in [2.24, 2.45) is 11.8 Å². The number of phenols is 1. The van der Waals surface area contributed by atoms with Gasteiger partial charge in [0.15, 0.2) is 0 Å². The number of carbonyl (C=O) groups excluding carboxylic acids is 1. The topological polar surface area (TPSA) is 49.8 Å². The summed E-state index contributed by atoms with van der Waals surface area (Å²) in [5.41, 5.74) is 3.34. The molecule has 4 aliphatic rings. The molecule has 3 aliphatic carbocycles. The van der Waals surface area contributed by atoms with Gasteiger partial charge in [-0.15, -0.1) is 0 Å². The fourth-order valence-electron chi connectivity index (χ4n) is 7.11. The molecule has 2 bridgehead atoms. The van der Waals surface area contributed by atoms with Crippen LogP contribution in [0.2, 0.25) is 0 Å². The van der Waals surface area contributed by atoms with Gasteiger partial charge < -0.3 is 9.84 Å². The van der Waals surface area contributed by atoms with Crippen LogP contribution >= 0.6 is 0 Å². The minimum Gasteiger partial charge on any atom is -0.508 e. The van der Waals surface area contributed by atoms with Crippen LogP contribution in [0.15, 0.2) is 42.5 Å². The lowest BCUT2D eigenvalue weighted by Gasteiger charge is -2.58. The lowest BCUT2D eigenvalue weighted by molar-refractivity contribution is -0.127. The number of fused-ring (bicyclic) bond motifs is 1. The summed E-state index contributed by atoms with van der Waals surface area (Å²) in [6.45, 7) is 2.91. The highest BCUT2D eigenvalue weighted by Gasteiger charge is 2.57. The number of ketones is 1. The van der Waals surface area contributed by atoms with Gasteiger partial charge >= 0.3 is 0 Å². The van der Waals surface area contributed by atoms with Crippen molar-refractivity contribution < 1.29 is 14.6 Å². The number of rotatable bonds is 7. The first kappa shape index (κ1) is 21.2. The second-order valence-corrected chi connectivity index (χ2v) is 10.9. The van der Waals surface area contributed by atoms with Crippen LogP contribution in [0.5, 0.6) is 11.5 Å². The molecular weight excluding hydrogens is 410 g/mol. The number of carbonyl (C=O) groups is 1. The van der Waals surface area contributed by atoms with Crippen LogP contribution in [0.3, 0.4) is 0 Å². The van der Waals surface area contributed by atoms with E-state index in [1.54, 1.807) is 0 Å². The van der Waals surface area contributed by atoms with Crippen molar-refractivity contribution in [3.8, 4) is 11.5 Å². The van der Waals surface area contributed by atoms with E-state index in [4.69, 9.17) is 4.74 Å². The first-order valence-corrected chi connectivity index (χ1v) is 12.9. The van der Waals surface area contributed by atoms with E-state index in [-0.39, 0.29) is 5.41 Å². The third-order valence-corrected chi connectivity index (χ3v) is 8.79.